The van der Waals surface area contributed by atoms with E-state index < -0.39 is 11.9 Å². The first-order valence-electron chi connectivity index (χ1n) is 6.52. The third kappa shape index (κ3) is 2.73. The van der Waals surface area contributed by atoms with Gasteiger partial charge in [-0.15, -0.1) is 0 Å². The number of rotatable bonds is 3. The van der Waals surface area contributed by atoms with E-state index in [-0.39, 0.29) is 12.1 Å². The Hall–Kier alpha value is -2.12. The predicted molar refractivity (Wildman–Crippen MR) is 69.9 cm³/mol. The van der Waals surface area contributed by atoms with E-state index in [0.29, 0.717) is 31.2 Å². The van der Waals surface area contributed by atoms with Crippen molar-refractivity contribution in [2.75, 3.05) is 13.6 Å². The number of H-pyrrole nitrogens is 1. The van der Waals surface area contributed by atoms with Crippen LogP contribution in [0.2, 0.25) is 0 Å². The largest absolute Gasteiger partial charge is 0.481 e. The van der Waals surface area contributed by atoms with Crippen LogP contribution in [-0.4, -0.2) is 61.7 Å². The molecule has 20 heavy (non-hydrogen) atoms. The molecule has 1 aliphatic rings. The quantitative estimate of drug-likeness (QED) is 0.838. The number of aryl methyl sites for hydroxylation is 1. The van der Waals surface area contributed by atoms with Crippen molar-refractivity contribution in [1.82, 2.24) is 25.0 Å². The van der Waals surface area contributed by atoms with Gasteiger partial charge in [-0.2, -0.15) is 5.10 Å². The summed E-state index contributed by atoms with van der Waals surface area (Å²) in [6.45, 7) is 4.32. The van der Waals surface area contributed by atoms with Crippen molar-refractivity contribution in [1.29, 1.82) is 0 Å². The summed E-state index contributed by atoms with van der Waals surface area (Å²) in [5, 5.41) is 15.8. The Kier molecular flexibility index (Phi) is 3.91. The highest BCUT2D eigenvalue weighted by molar-refractivity contribution is 5.78. The molecule has 2 unspecified atom stereocenters. The molecule has 0 radical (unpaired) electrons. The van der Waals surface area contributed by atoms with Gasteiger partial charge in [0.15, 0.2) is 5.82 Å². The number of nitrogens with one attached hydrogen (secondary N) is 1. The van der Waals surface area contributed by atoms with Crippen molar-refractivity contribution in [2.45, 2.75) is 32.9 Å². The number of carboxylic acid groups (broad SMARTS) is 1. The highest BCUT2D eigenvalue weighted by atomic mass is 16.4. The second-order valence-corrected chi connectivity index (χ2v) is 5.14. The van der Waals surface area contributed by atoms with Crippen molar-refractivity contribution in [2.24, 2.45) is 5.92 Å². The van der Waals surface area contributed by atoms with Gasteiger partial charge in [0.25, 0.3) is 0 Å². The monoisotopic (exact) mass is 281 g/mol. The summed E-state index contributed by atoms with van der Waals surface area (Å²) in [4.78, 5) is 30.6. The summed E-state index contributed by atoms with van der Waals surface area (Å²) >= 11 is 0. The molecule has 1 saturated heterocycles. The molecule has 1 fully saturated rings. The number of carboxylic acids is 1. The smallest absolute Gasteiger partial charge is 0.320 e. The molecule has 8 nitrogen and oxygen atoms in total. The van der Waals surface area contributed by atoms with Gasteiger partial charge in [0, 0.05) is 19.6 Å². The van der Waals surface area contributed by atoms with Crippen LogP contribution in [0.15, 0.2) is 0 Å². The molecule has 2 amide bonds. The summed E-state index contributed by atoms with van der Waals surface area (Å²) < 4.78 is 0. The second kappa shape index (κ2) is 5.48. The number of hydrogen-bond donors (Lipinski definition) is 2. The number of amides is 2. The Labute approximate surface area is 116 Å². The highest BCUT2D eigenvalue weighted by Gasteiger charge is 2.39. The number of aliphatic carboxylic acids is 1. The Morgan fingerprint density at radius 1 is 1.55 bits per heavy atom. The van der Waals surface area contributed by atoms with E-state index in [9.17, 15) is 9.59 Å². The zero-order chi connectivity index (χ0) is 14.9. The molecule has 0 bridgehead atoms. The Morgan fingerprint density at radius 3 is 2.75 bits per heavy atom. The number of carbonyl (C=O) groups is 2. The van der Waals surface area contributed by atoms with E-state index in [0.717, 1.165) is 0 Å². The summed E-state index contributed by atoms with van der Waals surface area (Å²) in [6.07, 6.45) is 0.496. The zero-order valence-corrected chi connectivity index (χ0v) is 11.8. The minimum Gasteiger partial charge on any atom is -0.481 e. The van der Waals surface area contributed by atoms with Gasteiger partial charge in [-0.05, 0) is 20.3 Å². The van der Waals surface area contributed by atoms with Crippen LogP contribution in [-0.2, 0) is 11.3 Å². The maximum absolute atomic E-state index is 12.3. The lowest BCUT2D eigenvalue weighted by molar-refractivity contribution is -0.142. The van der Waals surface area contributed by atoms with Crippen LogP contribution in [0.4, 0.5) is 4.79 Å². The van der Waals surface area contributed by atoms with Crippen molar-refractivity contribution < 1.29 is 14.7 Å². The number of carbonyl (C=O) groups excluding carboxylic acids is 1. The van der Waals surface area contributed by atoms with E-state index in [2.05, 4.69) is 15.2 Å². The predicted octanol–water partition coefficient (Wildman–Crippen LogP) is 0.460. The molecule has 0 saturated carbocycles. The standard InChI is InChI=1S/C12H19N5O3/c1-7-9(11(18)19)4-5-17(7)12(20)16(3)6-10-13-8(2)14-15-10/h7,9H,4-6H2,1-3H3,(H,18,19)(H,13,14,15). The van der Waals surface area contributed by atoms with Gasteiger partial charge in [0.2, 0.25) is 0 Å². The summed E-state index contributed by atoms with van der Waals surface area (Å²) in [5.41, 5.74) is 0. The lowest BCUT2D eigenvalue weighted by Gasteiger charge is -2.28. The van der Waals surface area contributed by atoms with Crippen LogP contribution in [0.25, 0.3) is 0 Å². The van der Waals surface area contributed by atoms with Crippen molar-refractivity contribution >= 4 is 12.0 Å². The SMILES string of the molecule is Cc1nc(CN(C)C(=O)N2CCC(C(=O)O)C2C)n[nH]1. The van der Waals surface area contributed by atoms with Gasteiger partial charge in [-0.1, -0.05) is 0 Å². The number of likely N-dealkylation sites (tertiary alicyclic amines) is 1. The molecule has 2 N–H and O–H groups in total. The van der Waals surface area contributed by atoms with Crippen LogP contribution < -0.4 is 0 Å². The number of aromatic nitrogens is 3. The molecule has 110 valence electrons. The normalized spacial score (nSPS) is 22.1. The van der Waals surface area contributed by atoms with Crippen molar-refractivity contribution in [3.63, 3.8) is 0 Å². The maximum atomic E-state index is 12.3. The second-order valence-electron chi connectivity index (χ2n) is 5.14. The van der Waals surface area contributed by atoms with Crippen LogP contribution in [0.5, 0.6) is 0 Å². The topological polar surface area (TPSA) is 102 Å². The van der Waals surface area contributed by atoms with Gasteiger partial charge in [-0.25, -0.2) is 9.78 Å². The zero-order valence-electron chi connectivity index (χ0n) is 11.8. The van der Waals surface area contributed by atoms with Crippen LogP contribution in [0.3, 0.4) is 0 Å². The molecule has 8 heteroatoms. The molecule has 2 heterocycles. The number of hydrogen-bond acceptors (Lipinski definition) is 4. The molecule has 0 aromatic carbocycles. The molecule has 0 aliphatic carbocycles. The van der Waals surface area contributed by atoms with E-state index >= 15 is 0 Å². The Balaban J connectivity index is 1.99. The van der Waals surface area contributed by atoms with Crippen molar-refractivity contribution in [3.05, 3.63) is 11.6 Å². The molecule has 1 aliphatic heterocycles. The first-order valence-corrected chi connectivity index (χ1v) is 6.52. The Morgan fingerprint density at radius 2 is 2.25 bits per heavy atom. The summed E-state index contributed by atoms with van der Waals surface area (Å²) in [5.74, 6) is -0.0977. The van der Waals surface area contributed by atoms with Gasteiger partial charge < -0.3 is 14.9 Å². The van der Waals surface area contributed by atoms with E-state index in [4.69, 9.17) is 5.11 Å². The van der Waals surface area contributed by atoms with Gasteiger partial charge in [0.05, 0.1) is 12.5 Å². The van der Waals surface area contributed by atoms with E-state index in [1.165, 1.54) is 4.90 Å². The van der Waals surface area contributed by atoms with E-state index in [1.807, 2.05) is 0 Å². The van der Waals surface area contributed by atoms with Gasteiger partial charge >= 0.3 is 12.0 Å². The minimum absolute atomic E-state index is 0.191. The molecule has 2 atom stereocenters. The average molecular weight is 281 g/mol. The fourth-order valence-electron chi connectivity index (χ4n) is 2.50. The lowest BCUT2D eigenvalue weighted by Crippen LogP contribution is -2.44. The van der Waals surface area contributed by atoms with Crippen LogP contribution in [0, 0.1) is 12.8 Å². The van der Waals surface area contributed by atoms with Gasteiger partial charge in [0.1, 0.15) is 5.82 Å². The average Bonchev–Trinajstić information content (AvgIpc) is 2.94. The number of aromatic amines is 1. The third-order valence-electron chi connectivity index (χ3n) is 3.67. The Bertz CT molecular complexity index is 515. The fourth-order valence-corrected chi connectivity index (χ4v) is 2.50. The molecule has 0 spiro atoms. The number of nitrogens with zero attached hydrogens (tertiary/aromatic N) is 4. The first-order chi connectivity index (χ1) is 9.40. The first kappa shape index (κ1) is 14.3. The molecular formula is C12H19N5O3. The summed E-state index contributed by atoms with van der Waals surface area (Å²) in [6, 6.07) is -0.486. The fraction of sp³-hybridized carbons (Fsp3) is 0.667. The van der Waals surface area contributed by atoms with Crippen LogP contribution >= 0.6 is 0 Å². The maximum Gasteiger partial charge on any atom is 0.320 e. The number of urea groups is 1. The third-order valence-corrected chi connectivity index (χ3v) is 3.67. The highest BCUT2D eigenvalue weighted by Crippen LogP contribution is 2.25. The molecule has 1 aromatic rings. The van der Waals surface area contributed by atoms with Crippen molar-refractivity contribution in [3.8, 4) is 0 Å². The minimum atomic E-state index is -0.847. The lowest BCUT2D eigenvalue weighted by atomic mass is 10.0. The molecular weight excluding hydrogens is 262 g/mol. The van der Waals surface area contributed by atoms with E-state index in [1.54, 1.807) is 25.8 Å². The molecule has 1 aromatic heterocycles. The summed E-state index contributed by atoms with van der Waals surface area (Å²) in [7, 11) is 1.66. The molecule has 2 rings (SSSR count). The van der Waals surface area contributed by atoms with Crippen LogP contribution in [0.1, 0.15) is 25.0 Å². The van der Waals surface area contributed by atoms with Gasteiger partial charge in [-0.3, -0.25) is 9.89 Å².